The Morgan fingerprint density at radius 1 is 1.73 bits per heavy atom. The summed E-state index contributed by atoms with van der Waals surface area (Å²) in [4.78, 5) is 21.8. The minimum atomic E-state index is -0.589. The van der Waals surface area contributed by atoms with Gasteiger partial charge in [0.1, 0.15) is 5.92 Å². The van der Waals surface area contributed by atoms with Crippen LogP contribution in [0.15, 0.2) is 0 Å². The van der Waals surface area contributed by atoms with Crippen LogP contribution in [0.3, 0.4) is 0 Å². The Kier molecular flexibility index (Phi) is 2.43. The molecule has 0 aromatic heterocycles. The predicted molar refractivity (Wildman–Crippen MR) is 38.1 cm³/mol. The second-order valence-corrected chi connectivity index (χ2v) is 2.49. The monoisotopic (exact) mass is 157 g/mol. The molecule has 0 spiro atoms. The Balaban J connectivity index is 2.54. The molecule has 1 aliphatic rings. The van der Waals surface area contributed by atoms with Crippen LogP contribution in [0.25, 0.3) is 0 Å². The van der Waals surface area contributed by atoms with Crippen molar-refractivity contribution in [3.8, 4) is 0 Å². The highest BCUT2D eigenvalue weighted by atomic mass is 16.2. The normalized spacial score (nSPS) is 24.1. The van der Waals surface area contributed by atoms with Gasteiger partial charge in [-0.1, -0.05) is 0 Å². The third-order valence-electron chi connectivity index (χ3n) is 1.74. The lowest BCUT2D eigenvalue weighted by Gasteiger charge is -2.19. The summed E-state index contributed by atoms with van der Waals surface area (Å²) in [5.41, 5.74) is 1.97. The van der Waals surface area contributed by atoms with Crippen LogP contribution in [-0.2, 0) is 9.59 Å². The first-order valence-corrected chi connectivity index (χ1v) is 3.54. The number of hydrazine groups is 1. The number of amides is 2. The fourth-order valence-electron chi connectivity index (χ4n) is 1.12. The van der Waals surface area contributed by atoms with Crippen LogP contribution >= 0.6 is 0 Å². The van der Waals surface area contributed by atoms with E-state index in [0.717, 1.165) is 6.42 Å². The van der Waals surface area contributed by atoms with Crippen LogP contribution in [0, 0.1) is 5.92 Å². The zero-order valence-electron chi connectivity index (χ0n) is 6.09. The molecule has 1 rings (SSSR count). The van der Waals surface area contributed by atoms with Crippen molar-refractivity contribution in [2.45, 2.75) is 12.8 Å². The van der Waals surface area contributed by atoms with Gasteiger partial charge in [-0.25, -0.2) is 5.84 Å². The van der Waals surface area contributed by atoms with Gasteiger partial charge in [-0.3, -0.25) is 15.0 Å². The third-order valence-corrected chi connectivity index (χ3v) is 1.74. The second-order valence-electron chi connectivity index (χ2n) is 2.49. The fraction of sp³-hybridized carbons (Fsp3) is 0.667. The molecule has 5 heteroatoms. The van der Waals surface area contributed by atoms with Crippen LogP contribution in [0.4, 0.5) is 0 Å². The highest BCUT2D eigenvalue weighted by Gasteiger charge is 2.27. The van der Waals surface area contributed by atoms with Gasteiger partial charge in [-0.2, -0.15) is 0 Å². The first kappa shape index (κ1) is 8.00. The number of nitrogens with two attached hydrogens (primary N) is 1. The standard InChI is InChI=1S/C6H11N3O2/c7-9-6(11)4-2-1-3-8-5(4)10/h4H,1-3,7H2,(H,8,10)(H,9,11). The highest BCUT2D eigenvalue weighted by molar-refractivity contribution is 6.00. The van der Waals surface area contributed by atoms with Crippen molar-refractivity contribution in [3.05, 3.63) is 0 Å². The van der Waals surface area contributed by atoms with E-state index in [-0.39, 0.29) is 5.91 Å². The molecule has 1 heterocycles. The van der Waals surface area contributed by atoms with Gasteiger partial charge in [-0.05, 0) is 12.8 Å². The Bertz CT molecular complexity index is 173. The molecule has 0 aromatic carbocycles. The van der Waals surface area contributed by atoms with Crippen molar-refractivity contribution in [1.29, 1.82) is 0 Å². The van der Waals surface area contributed by atoms with E-state index in [0.29, 0.717) is 13.0 Å². The van der Waals surface area contributed by atoms with Gasteiger partial charge < -0.3 is 5.32 Å². The van der Waals surface area contributed by atoms with Crippen molar-refractivity contribution >= 4 is 11.8 Å². The predicted octanol–water partition coefficient (Wildman–Crippen LogP) is -1.50. The Hall–Kier alpha value is -1.10. The first-order valence-electron chi connectivity index (χ1n) is 3.54. The number of hydrogen-bond acceptors (Lipinski definition) is 3. The van der Waals surface area contributed by atoms with Crippen LogP contribution < -0.4 is 16.6 Å². The van der Waals surface area contributed by atoms with Gasteiger partial charge in [0.25, 0.3) is 0 Å². The molecule has 0 radical (unpaired) electrons. The lowest BCUT2D eigenvalue weighted by molar-refractivity contribution is -0.136. The maximum atomic E-state index is 11.0. The summed E-state index contributed by atoms with van der Waals surface area (Å²) < 4.78 is 0. The molecule has 62 valence electrons. The maximum absolute atomic E-state index is 11.0. The highest BCUT2D eigenvalue weighted by Crippen LogP contribution is 2.10. The summed E-state index contributed by atoms with van der Waals surface area (Å²) in [5, 5.41) is 2.59. The zero-order valence-corrected chi connectivity index (χ0v) is 6.09. The van der Waals surface area contributed by atoms with Gasteiger partial charge >= 0.3 is 0 Å². The lowest BCUT2D eigenvalue weighted by atomic mass is 9.98. The molecule has 11 heavy (non-hydrogen) atoms. The van der Waals surface area contributed by atoms with E-state index in [4.69, 9.17) is 5.84 Å². The number of nitrogens with one attached hydrogen (secondary N) is 2. The molecule has 1 fully saturated rings. The van der Waals surface area contributed by atoms with E-state index in [9.17, 15) is 9.59 Å². The van der Waals surface area contributed by atoms with Crippen molar-refractivity contribution in [2.24, 2.45) is 11.8 Å². The molecule has 2 amide bonds. The van der Waals surface area contributed by atoms with Gasteiger partial charge in [-0.15, -0.1) is 0 Å². The smallest absolute Gasteiger partial charge is 0.246 e. The van der Waals surface area contributed by atoms with Crippen LogP contribution in [-0.4, -0.2) is 18.4 Å². The summed E-state index contributed by atoms with van der Waals surface area (Å²) in [7, 11) is 0. The zero-order chi connectivity index (χ0) is 8.27. The van der Waals surface area contributed by atoms with Crippen LogP contribution in [0.5, 0.6) is 0 Å². The maximum Gasteiger partial charge on any atom is 0.246 e. The molecule has 0 saturated carbocycles. The molecule has 1 aliphatic heterocycles. The number of piperidine rings is 1. The van der Waals surface area contributed by atoms with Gasteiger partial charge in [0.15, 0.2) is 0 Å². The molecular weight excluding hydrogens is 146 g/mol. The van der Waals surface area contributed by atoms with E-state index < -0.39 is 11.8 Å². The van der Waals surface area contributed by atoms with Crippen LogP contribution in [0.1, 0.15) is 12.8 Å². The number of carbonyl (C=O) groups excluding carboxylic acids is 2. The quantitative estimate of drug-likeness (QED) is 0.187. The van der Waals surface area contributed by atoms with Crippen LogP contribution in [0.2, 0.25) is 0 Å². The van der Waals surface area contributed by atoms with Crippen molar-refractivity contribution < 1.29 is 9.59 Å². The fourth-order valence-corrected chi connectivity index (χ4v) is 1.12. The molecule has 0 aromatic rings. The molecule has 1 saturated heterocycles. The van der Waals surface area contributed by atoms with Crippen molar-refractivity contribution in [2.75, 3.05) is 6.54 Å². The summed E-state index contributed by atoms with van der Waals surface area (Å²) >= 11 is 0. The summed E-state index contributed by atoms with van der Waals surface area (Å²) in [6, 6.07) is 0. The van der Waals surface area contributed by atoms with Gasteiger partial charge in [0.05, 0.1) is 0 Å². The molecule has 0 bridgehead atoms. The van der Waals surface area contributed by atoms with Gasteiger partial charge in [0, 0.05) is 6.54 Å². The second kappa shape index (κ2) is 3.34. The van der Waals surface area contributed by atoms with Crippen molar-refractivity contribution in [3.63, 3.8) is 0 Å². The number of carbonyl (C=O) groups is 2. The topological polar surface area (TPSA) is 84.2 Å². The van der Waals surface area contributed by atoms with Crippen molar-refractivity contribution in [1.82, 2.24) is 10.7 Å². The van der Waals surface area contributed by atoms with E-state index >= 15 is 0 Å². The van der Waals surface area contributed by atoms with E-state index in [1.54, 1.807) is 0 Å². The Labute approximate surface area is 64.3 Å². The average molecular weight is 157 g/mol. The molecular formula is C6H11N3O2. The molecule has 1 atom stereocenters. The molecule has 4 N–H and O–H groups in total. The Morgan fingerprint density at radius 3 is 3.00 bits per heavy atom. The molecule has 1 unspecified atom stereocenters. The lowest BCUT2D eigenvalue weighted by Crippen LogP contribution is -2.46. The molecule has 0 aliphatic carbocycles. The van der Waals surface area contributed by atoms with E-state index in [1.807, 2.05) is 5.43 Å². The Morgan fingerprint density at radius 2 is 2.45 bits per heavy atom. The summed E-state index contributed by atoms with van der Waals surface area (Å²) in [6.07, 6.45) is 1.43. The first-order chi connectivity index (χ1) is 5.25. The molecule has 5 nitrogen and oxygen atoms in total. The largest absolute Gasteiger partial charge is 0.355 e. The third kappa shape index (κ3) is 1.68. The number of rotatable bonds is 1. The summed E-state index contributed by atoms with van der Waals surface area (Å²) in [5.74, 6) is 3.67. The minimum Gasteiger partial charge on any atom is -0.355 e. The average Bonchev–Trinajstić information content (AvgIpc) is 2.04. The SMILES string of the molecule is NNC(=O)C1CCCNC1=O. The number of hydrogen-bond donors (Lipinski definition) is 3. The van der Waals surface area contributed by atoms with E-state index in [1.165, 1.54) is 0 Å². The summed E-state index contributed by atoms with van der Waals surface area (Å²) in [6.45, 7) is 0.660. The van der Waals surface area contributed by atoms with Gasteiger partial charge in [0.2, 0.25) is 11.8 Å². The van der Waals surface area contributed by atoms with E-state index in [2.05, 4.69) is 5.32 Å². The minimum absolute atomic E-state index is 0.223.